The maximum atomic E-state index is 9.62. The summed E-state index contributed by atoms with van der Waals surface area (Å²) in [6, 6.07) is 0. The summed E-state index contributed by atoms with van der Waals surface area (Å²) in [6.07, 6.45) is 0.348. The molecule has 0 aliphatic carbocycles. The van der Waals surface area contributed by atoms with Crippen molar-refractivity contribution in [3.63, 3.8) is 0 Å². The number of rotatable bonds is 4. The van der Waals surface area contributed by atoms with E-state index in [4.69, 9.17) is 5.11 Å². The number of aliphatic hydroxyl groups is 1. The van der Waals surface area contributed by atoms with E-state index in [1.165, 1.54) is 0 Å². The van der Waals surface area contributed by atoms with E-state index in [1.54, 1.807) is 0 Å². The van der Waals surface area contributed by atoms with E-state index in [2.05, 4.69) is 5.18 Å². The molecule has 0 radical (unpaired) electrons. The van der Waals surface area contributed by atoms with Crippen LogP contribution in [-0.4, -0.2) is 11.3 Å². The molecule has 0 rings (SSSR count). The second-order valence-electron chi connectivity index (χ2n) is 2.56. The molecular weight excluding hydrogens is 118 g/mol. The molecule has 0 aromatic rings. The van der Waals surface area contributed by atoms with Crippen LogP contribution < -0.4 is 0 Å². The Bertz CT molecular complexity index is 83.1. The van der Waals surface area contributed by atoms with Gasteiger partial charge in [0.1, 0.15) is 0 Å². The molecule has 0 aromatic heterocycles. The average molecular weight is 131 g/mol. The van der Waals surface area contributed by atoms with Gasteiger partial charge in [0, 0.05) is 0 Å². The average Bonchev–Trinajstić information content (AvgIpc) is 1.83. The molecule has 0 fully saturated rings. The second-order valence-corrected chi connectivity index (χ2v) is 2.56. The minimum absolute atomic E-state index is 0.487. The largest absolute Gasteiger partial charge is 0.369 e. The van der Waals surface area contributed by atoms with Gasteiger partial charge in [0.05, 0.1) is 0 Å². The lowest BCUT2D eigenvalue weighted by Gasteiger charge is -2.03. The molecule has 0 amide bonds. The first-order chi connectivity index (χ1) is 4.16. The van der Waals surface area contributed by atoms with Crippen molar-refractivity contribution < 1.29 is 5.11 Å². The number of nitrogens with zero attached hydrogens (tertiary/aromatic N) is 1. The third kappa shape index (κ3) is 5.43. The molecule has 1 atom stereocenters. The van der Waals surface area contributed by atoms with Gasteiger partial charge in [-0.2, -0.15) is 0 Å². The van der Waals surface area contributed by atoms with Crippen LogP contribution >= 0.6 is 0 Å². The molecule has 1 unspecified atom stereocenters. The SMILES string of the molecule is CC(C)CCC(O)N=O. The number of aliphatic hydroxyl groups excluding tert-OH is 1. The Morgan fingerprint density at radius 3 is 2.33 bits per heavy atom. The zero-order valence-electron chi connectivity index (χ0n) is 5.87. The van der Waals surface area contributed by atoms with Crippen LogP contribution in [0.15, 0.2) is 5.18 Å². The standard InChI is InChI=1S/C6H13NO2/c1-5(2)3-4-6(8)7-9/h5-6,8H,3-4H2,1-2H3. The van der Waals surface area contributed by atoms with Crippen molar-refractivity contribution in [2.24, 2.45) is 11.1 Å². The van der Waals surface area contributed by atoms with E-state index in [9.17, 15) is 4.91 Å². The molecule has 0 spiro atoms. The van der Waals surface area contributed by atoms with Crippen LogP contribution in [-0.2, 0) is 0 Å². The van der Waals surface area contributed by atoms with Crippen LogP contribution in [0.3, 0.4) is 0 Å². The normalized spacial score (nSPS) is 13.8. The number of nitroso groups, excluding NO2 is 1. The second kappa shape index (κ2) is 4.44. The molecule has 3 nitrogen and oxygen atoms in total. The van der Waals surface area contributed by atoms with Crippen molar-refractivity contribution in [2.45, 2.75) is 32.9 Å². The van der Waals surface area contributed by atoms with Gasteiger partial charge in [0.15, 0.2) is 6.23 Å². The van der Waals surface area contributed by atoms with Gasteiger partial charge in [-0.15, -0.1) is 4.91 Å². The first kappa shape index (κ1) is 8.56. The van der Waals surface area contributed by atoms with Crippen LogP contribution in [0.25, 0.3) is 0 Å². The number of hydrogen-bond donors (Lipinski definition) is 1. The van der Waals surface area contributed by atoms with Crippen molar-refractivity contribution in [1.29, 1.82) is 0 Å². The van der Waals surface area contributed by atoms with Gasteiger partial charge in [-0.05, 0) is 23.9 Å². The van der Waals surface area contributed by atoms with Crippen molar-refractivity contribution >= 4 is 0 Å². The number of hydrogen-bond acceptors (Lipinski definition) is 3. The predicted octanol–water partition coefficient (Wildman–Crippen LogP) is 1.51. The van der Waals surface area contributed by atoms with E-state index in [0.29, 0.717) is 12.3 Å². The summed E-state index contributed by atoms with van der Waals surface area (Å²) in [4.78, 5) is 9.62. The lowest BCUT2D eigenvalue weighted by molar-refractivity contribution is 0.164. The minimum atomic E-state index is -0.993. The van der Waals surface area contributed by atoms with Gasteiger partial charge in [0.25, 0.3) is 0 Å². The summed E-state index contributed by atoms with van der Waals surface area (Å²) in [6.45, 7) is 4.08. The highest BCUT2D eigenvalue weighted by Crippen LogP contribution is 2.06. The summed E-state index contributed by atoms with van der Waals surface area (Å²) >= 11 is 0. The zero-order valence-corrected chi connectivity index (χ0v) is 5.87. The molecule has 0 saturated carbocycles. The smallest absolute Gasteiger partial charge is 0.186 e. The highest BCUT2D eigenvalue weighted by atomic mass is 16.3. The van der Waals surface area contributed by atoms with Crippen molar-refractivity contribution in [3.8, 4) is 0 Å². The van der Waals surface area contributed by atoms with Gasteiger partial charge in [-0.25, -0.2) is 0 Å². The Morgan fingerprint density at radius 2 is 2.00 bits per heavy atom. The molecule has 54 valence electrons. The fraction of sp³-hybridized carbons (Fsp3) is 1.00. The predicted molar refractivity (Wildman–Crippen MR) is 35.9 cm³/mol. The summed E-state index contributed by atoms with van der Waals surface area (Å²) in [5.41, 5.74) is 0. The fourth-order valence-electron chi connectivity index (χ4n) is 0.535. The minimum Gasteiger partial charge on any atom is -0.369 e. The summed E-state index contributed by atoms with van der Waals surface area (Å²) in [5, 5.41) is 11.1. The maximum Gasteiger partial charge on any atom is 0.186 e. The Labute approximate surface area is 55.1 Å². The highest BCUT2D eigenvalue weighted by molar-refractivity contribution is 4.52. The molecule has 9 heavy (non-hydrogen) atoms. The third-order valence-corrected chi connectivity index (χ3v) is 1.12. The first-order valence-electron chi connectivity index (χ1n) is 3.17. The van der Waals surface area contributed by atoms with Crippen molar-refractivity contribution in [3.05, 3.63) is 4.91 Å². The Kier molecular flexibility index (Phi) is 4.22. The molecule has 0 aliphatic rings. The highest BCUT2D eigenvalue weighted by Gasteiger charge is 2.02. The molecule has 1 N–H and O–H groups in total. The molecule has 0 bridgehead atoms. The Balaban J connectivity index is 3.16. The Morgan fingerprint density at radius 1 is 1.44 bits per heavy atom. The zero-order chi connectivity index (χ0) is 7.28. The van der Waals surface area contributed by atoms with Gasteiger partial charge in [-0.1, -0.05) is 13.8 Å². The van der Waals surface area contributed by atoms with E-state index < -0.39 is 6.23 Å². The van der Waals surface area contributed by atoms with E-state index >= 15 is 0 Å². The quantitative estimate of drug-likeness (QED) is 0.588. The van der Waals surface area contributed by atoms with Crippen LogP contribution in [0.1, 0.15) is 26.7 Å². The van der Waals surface area contributed by atoms with Crippen LogP contribution in [0.2, 0.25) is 0 Å². The molecule has 0 aliphatic heterocycles. The summed E-state index contributed by atoms with van der Waals surface area (Å²) in [7, 11) is 0. The molecule has 0 heterocycles. The topological polar surface area (TPSA) is 49.7 Å². The van der Waals surface area contributed by atoms with Crippen molar-refractivity contribution in [1.82, 2.24) is 0 Å². The summed E-state index contributed by atoms with van der Waals surface area (Å²) in [5.74, 6) is 0.529. The van der Waals surface area contributed by atoms with E-state index in [0.717, 1.165) is 6.42 Å². The van der Waals surface area contributed by atoms with E-state index in [1.807, 2.05) is 13.8 Å². The fourth-order valence-corrected chi connectivity index (χ4v) is 0.535. The van der Waals surface area contributed by atoms with Gasteiger partial charge < -0.3 is 5.11 Å². The third-order valence-electron chi connectivity index (χ3n) is 1.12. The molecule has 0 saturated heterocycles. The van der Waals surface area contributed by atoms with Gasteiger partial charge in [-0.3, -0.25) is 0 Å². The van der Waals surface area contributed by atoms with Crippen molar-refractivity contribution in [2.75, 3.05) is 0 Å². The van der Waals surface area contributed by atoms with Gasteiger partial charge >= 0.3 is 0 Å². The maximum absolute atomic E-state index is 9.62. The molecular formula is C6H13NO2. The lowest BCUT2D eigenvalue weighted by Crippen LogP contribution is -2.02. The summed E-state index contributed by atoms with van der Waals surface area (Å²) < 4.78 is 0. The first-order valence-corrected chi connectivity index (χ1v) is 3.17. The lowest BCUT2D eigenvalue weighted by atomic mass is 10.1. The Hall–Kier alpha value is -0.440. The van der Waals surface area contributed by atoms with Crippen LogP contribution in [0.5, 0.6) is 0 Å². The molecule has 0 aromatic carbocycles. The molecule has 3 heteroatoms. The van der Waals surface area contributed by atoms with E-state index in [-0.39, 0.29) is 0 Å². The monoisotopic (exact) mass is 131 g/mol. The van der Waals surface area contributed by atoms with Crippen LogP contribution in [0.4, 0.5) is 0 Å². The van der Waals surface area contributed by atoms with Gasteiger partial charge in [0.2, 0.25) is 0 Å². The van der Waals surface area contributed by atoms with Crippen LogP contribution in [0, 0.1) is 10.8 Å².